The first-order chi connectivity index (χ1) is 9.66. The minimum atomic E-state index is 0.701. The predicted molar refractivity (Wildman–Crippen MR) is 84.5 cm³/mol. The lowest BCUT2D eigenvalue weighted by atomic mass is 10.1. The molecule has 0 amide bonds. The molecular formula is C17H28N2O. The maximum Gasteiger partial charge on any atom is 0.122 e. The molecule has 112 valence electrons. The Bertz CT molecular complexity index is 411. The molecule has 3 heteroatoms. The molecule has 1 fully saturated rings. The zero-order chi connectivity index (χ0) is 14.4. The van der Waals surface area contributed by atoms with Crippen molar-refractivity contribution in [2.45, 2.75) is 39.2 Å². The van der Waals surface area contributed by atoms with E-state index in [4.69, 9.17) is 4.74 Å². The van der Waals surface area contributed by atoms with Gasteiger partial charge in [-0.05, 0) is 70.4 Å². The summed E-state index contributed by atoms with van der Waals surface area (Å²) in [5.41, 5.74) is 2.48. The van der Waals surface area contributed by atoms with E-state index in [9.17, 15) is 0 Å². The number of hydrogen-bond acceptors (Lipinski definition) is 3. The topological polar surface area (TPSA) is 24.5 Å². The molecule has 1 saturated heterocycles. The van der Waals surface area contributed by atoms with Crippen LogP contribution in [0.5, 0.6) is 5.75 Å². The van der Waals surface area contributed by atoms with E-state index in [1.165, 1.54) is 36.9 Å². The number of rotatable bonds is 5. The van der Waals surface area contributed by atoms with Crippen molar-refractivity contribution in [3.63, 3.8) is 0 Å². The van der Waals surface area contributed by atoms with Gasteiger partial charge in [-0.1, -0.05) is 12.1 Å². The zero-order valence-electron chi connectivity index (χ0n) is 13.1. The monoisotopic (exact) mass is 276 g/mol. The Hall–Kier alpha value is -1.06. The van der Waals surface area contributed by atoms with E-state index in [1.54, 1.807) is 0 Å². The van der Waals surface area contributed by atoms with Crippen LogP contribution in [0.4, 0.5) is 0 Å². The van der Waals surface area contributed by atoms with Gasteiger partial charge in [0.15, 0.2) is 0 Å². The molecule has 2 rings (SSSR count). The second-order valence-electron chi connectivity index (χ2n) is 5.93. The fourth-order valence-corrected chi connectivity index (χ4v) is 2.79. The molecule has 1 heterocycles. The molecule has 1 aliphatic rings. The molecule has 0 radical (unpaired) electrons. The largest absolute Gasteiger partial charge is 0.492 e. The van der Waals surface area contributed by atoms with Crippen LogP contribution in [0.25, 0.3) is 0 Å². The molecular weight excluding hydrogens is 248 g/mol. The quantitative estimate of drug-likeness (QED) is 0.895. The van der Waals surface area contributed by atoms with Crippen LogP contribution in [0.15, 0.2) is 18.2 Å². The highest BCUT2D eigenvalue weighted by molar-refractivity contribution is 5.35. The van der Waals surface area contributed by atoms with Gasteiger partial charge in [-0.3, -0.25) is 4.90 Å². The summed E-state index contributed by atoms with van der Waals surface area (Å²) >= 11 is 0. The van der Waals surface area contributed by atoms with Crippen LogP contribution in [0.1, 0.15) is 30.4 Å². The number of likely N-dealkylation sites (N-methyl/N-ethyl adjacent to an activating group) is 1. The average Bonchev–Trinajstić information content (AvgIpc) is 2.71. The molecule has 1 atom stereocenters. The Labute approximate surface area is 123 Å². The number of benzene rings is 1. The van der Waals surface area contributed by atoms with Gasteiger partial charge >= 0.3 is 0 Å². The molecule has 1 aromatic carbocycles. The fourth-order valence-electron chi connectivity index (χ4n) is 2.79. The lowest BCUT2D eigenvalue weighted by Gasteiger charge is -2.26. The van der Waals surface area contributed by atoms with Gasteiger partial charge in [-0.25, -0.2) is 0 Å². The summed E-state index contributed by atoms with van der Waals surface area (Å²) in [6.07, 6.45) is 3.83. The van der Waals surface area contributed by atoms with Crippen molar-refractivity contribution in [3.8, 4) is 5.75 Å². The molecule has 0 bridgehead atoms. The van der Waals surface area contributed by atoms with E-state index < -0.39 is 0 Å². The minimum Gasteiger partial charge on any atom is -0.492 e. The van der Waals surface area contributed by atoms with E-state index in [2.05, 4.69) is 49.3 Å². The van der Waals surface area contributed by atoms with Crippen LogP contribution in [-0.4, -0.2) is 44.2 Å². The van der Waals surface area contributed by atoms with E-state index >= 15 is 0 Å². The van der Waals surface area contributed by atoms with Crippen LogP contribution in [-0.2, 0) is 0 Å². The van der Waals surface area contributed by atoms with Gasteiger partial charge in [0.25, 0.3) is 0 Å². The molecule has 1 unspecified atom stereocenters. The Kier molecular flexibility index (Phi) is 5.86. The second kappa shape index (κ2) is 7.65. The molecule has 0 saturated carbocycles. The fraction of sp³-hybridized carbons (Fsp3) is 0.647. The first-order valence-electron chi connectivity index (χ1n) is 7.78. The van der Waals surface area contributed by atoms with E-state index in [0.717, 1.165) is 25.4 Å². The lowest BCUT2D eigenvalue weighted by Crippen LogP contribution is -2.35. The van der Waals surface area contributed by atoms with Crippen LogP contribution >= 0.6 is 0 Å². The van der Waals surface area contributed by atoms with Crippen molar-refractivity contribution < 1.29 is 4.74 Å². The van der Waals surface area contributed by atoms with Gasteiger partial charge in [0.1, 0.15) is 12.4 Å². The minimum absolute atomic E-state index is 0.701. The number of nitrogens with zero attached hydrogens (tertiary/aromatic N) is 1. The highest BCUT2D eigenvalue weighted by atomic mass is 16.5. The van der Waals surface area contributed by atoms with Crippen molar-refractivity contribution in [3.05, 3.63) is 29.3 Å². The molecule has 0 aromatic heterocycles. The van der Waals surface area contributed by atoms with Crippen LogP contribution in [0, 0.1) is 13.8 Å². The van der Waals surface area contributed by atoms with Crippen molar-refractivity contribution in [1.29, 1.82) is 0 Å². The lowest BCUT2D eigenvalue weighted by molar-refractivity contribution is 0.180. The summed E-state index contributed by atoms with van der Waals surface area (Å²) in [6.45, 7) is 8.30. The van der Waals surface area contributed by atoms with Gasteiger partial charge in [0, 0.05) is 12.6 Å². The molecule has 0 aliphatic carbocycles. The van der Waals surface area contributed by atoms with Gasteiger partial charge in [-0.15, -0.1) is 0 Å². The standard InChI is InChI=1S/C17H28N2O/c1-14-6-7-15(2)17(13-14)20-12-11-19(3)16-5-4-9-18-10-8-16/h6-7,13,16,18H,4-5,8-12H2,1-3H3. The van der Waals surface area contributed by atoms with Crippen LogP contribution in [0.2, 0.25) is 0 Å². The summed E-state index contributed by atoms with van der Waals surface area (Å²) in [4.78, 5) is 2.46. The number of nitrogens with one attached hydrogen (secondary N) is 1. The van der Waals surface area contributed by atoms with Crippen LogP contribution < -0.4 is 10.1 Å². The van der Waals surface area contributed by atoms with Crippen molar-refractivity contribution in [2.24, 2.45) is 0 Å². The number of ether oxygens (including phenoxy) is 1. The van der Waals surface area contributed by atoms with Crippen LogP contribution in [0.3, 0.4) is 0 Å². The highest BCUT2D eigenvalue weighted by Crippen LogP contribution is 2.19. The first kappa shape index (κ1) is 15.3. The van der Waals surface area contributed by atoms with Gasteiger partial charge in [0.2, 0.25) is 0 Å². The molecule has 0 spiro atoms. The van der Waals surface area contributed by atoms with E-state index in [0.29, 0.717) is 6.04 Å². The average molecular weight is 276 g/mol. The second-order valence-corrected chi connectivity index (χ2v) is 5.93. The Balaban J connectivity index is 1.78. The van der Waals surface area contributed by atoms with Gasteiger partial charge < -0.3 is 10.1 Å². The third-order valence-corrected chi connectivity index (χ3v) is 4.21. The first-order valence-corrected chi connectivity index (χ1v) is 7.78. The Morgan fingerprint density at radius 2 is 2.10 bits per heavy atom. The van der Waals surface area contributed by atoms with E-state index in [-0.39, 0.29) is 0 Å². The maximum atomic E-state index is 5.95. The predicted octanol–water partition coefficient (Wildman–Crippen LogP) is 2.76. The maximum absolute atomic E-state index is 5.95. The molecule has 1 aliphatic heterocycles. The summed E-state index contributed by atoms with van der Waals surface area (Å²) in [6, 6.07) is 7.09. The molecule has 20 heavy (non-hydrogen) atoms. The SMILES string of the molecule is Cc1ccc(C)c(OCCN(C)C2CCCNCC2)c1. The Morgan fingerprint density at radius 1 is 1.25 bits per heavy atom. The van der Waals surface area contributed by atoms with E-state index in [1.807, 2.05) is 0 Å². The van der Waals surface area contributed by atoms with Gasteiger partial charge in [-0.2, -0.15) is 0 Å². The summed E-state index contributed by atoms with van der Waals surface area (Å²) in [5.74, 6) is 1.03. The third kappa shape index (κ3) is 4.50. The zero-order valence-corrected chi connectivity index (χ0v) is 13.1. The number of hydrogen-bond donors (Lipinski definition) is 1. The molecule has 1 aromatic rings. The number of aryl methyl sites for hydroxylation is 2. The van der Waals surface area contributed by atoms with Crippen molar-refractivity contribution in [2.75, 3.05) is 33.3 Å². The highest BCUT2D eigenvalue weighted by Gasteiger charge is 2.16. The molecule has 1 N–H and O–H groups in total. The molecule has 3 nitrogen and oxygen atoms in total. The van der Waals surface area contributed by atoms with Crippen molar-refractivity contribution >= 4 is 0 Å². The summed E-state index contributed by atoms with van der Waals surface area (Å²) in [5, 5.41) is 3.47. The summed E-state index contributed by atoms with van der Waals surface area (Å²) < 4.78 is 5.95. The summed E-state index contributed by atoms with van der Waals surface area (Å²) in [7, 11) is 2.22. The third-order valence-electron chi connectivity index (χ3n) is 4.21. The van der Waals surface area contributed by atoms with Crippen molar-refractivity contribution in [1.82, 2.24) is 10.2 Å². The van der Waals surface area contributed by atoms with Gasteiger partial charge in [0.05, 0.1) is 0 Å². The Morgan fingerprint density at radius 3 is 2.95 bits per heavy atom. The smallest absolute Gasteiger partial charge is 0.122 e. The normalized spacial score (nSPS) is 19.9.